The fraction of sp³-hybridized carbons (Fsp3) is 0.600. The number of aliphatic hydroxyl groups excluding tert-OH is 1. The smallest absolute Gasteiger partial charge is 0.146 e. The molecule has 0 amide bonds. The summed E-state index contributed by atoms with van der Waals surface area (Å²) in [6.07, 6.45) is 1.62. The zero-order valence-electron chi connectivity index (χ0n) is 11.9. The molecule has 3 nitrogen and oxygen atoms in total. The van der Waals surface area contributed by atoms with Crippen molar-refractivity contribution in [2.75, 3.05) is 32.1 Å². The van der Waals surface area contributed by atoms with Crippen molar-refractivity contribution in [3.63, 3.8) is 0 Å². The van der Waals surface area contributed by atoms with Gasteiger partial charge in [-0.15, -0.1) is 0 Å². The summed E-state index contributed by atoms with van der Waals surface area (Å²) in [7, 11) is 4.14. The Morgan fingerprint density at radius 2 is 2.16 bits per heavy atom. The van der Waals surface area contributed by atoms with Crippen molar-refractivity contribution in [1.82, 2.24) is 4.90 Å². The van der Waals surface area contributed by atoms with Gasteiger partial charge in [-0.05, 0) is 51.6 Å². The molecule has 1 aliphatic rings. The van der Waals surface area contributed by atoms with E-state index >= 15 is 0 Å². The molecule has 2 rings (SSSR count). The molecule has 0 saturated carbocycles. The van der Waals surface area contributed by atoms with Crippen LogP contribution >= 0.6 is 0 Å². The highest BCUT2D eigenvalue weighted by molar-refractivity contribution is 5.50. The van der Waals surface area contributed by atoms with Gasteiger partial charge in [0, 0.05) is 19.1 Å². The second-order valence-corrected chi connectivity index (χ2v) is 5.59. The van der Waals surface area contributed by atoms with Gasteiger partial charge in [0.15, 0.2) is 0 Å². The van der Waals surface area contributed by atoms with Gasteiger partial charge in [-0.2, -0.15) is 0 Å². The van der Waals surface area contributed by atoms with Gasteiger partial charge < -0.3 is 14.9 Å². The molecule has 1 unspecified atom stereocenters. The first-order chi connectivity index (χ1) is 8.99. The number of hydrogen-bond donors (Lipinski definition) is 1. The third-order valence-corrected chi connectivity index (χ3v) is 3.92. The summed E-state index contributed by atoms with van der Waals surface area (Å²) in [6, 6.07) is 5.52. The van der Waals surface area contributed by atoms with Crippen LogP contribution in [0.15, 0.2) is 18.2 Å². The van der Waals surface area contributed by atoms with Gasteiger partial charge in [0.2, 0.25) is 0 Å². The predicted molar refractivity (Wildman–Crippen MR) is 76.0 cm³/mol. The Labute approximate surface area is 114 Å². The fourth-order valence-electron chi connectivity index (χ4n) is 2.63. The molecule has 0 aromatic heterocycles. The van der Waals surface area contributed by atoms with Gasteiger partial charge in [0.1, 0.15) is 5.82 Å². The summed E-state index contributed by atoms with van der Waals surface area (Å²) in [4.78, 5) is 4.31. The lowest BCUT2D eigenvalue weighted by Gasteiger charge is -2.37. The van der Waals surface area contributed by atoms with E-state index in [0.717, 1.165) is 25.9 Å². The highest BCUT2D eigenvalue weighted by Crippen LogP contribution is 2.26. The number of rotatable bonds is 3. The second-order valence-electron chi connectivity index (χ2n) is 5.59. The molecule has 1 aromatic carbocycles. The van der Waals surface area contributed by atoms with Crippen LogP contribution in [-0.2, 0) is 0 Å². The Kier molecular flexibility index (Phi) is 4.42. The van der Waals surface area contributed by atoms with Gasteiger partial charge in [-0.3, -0.25) is 0 Å². The highest BCUT2D eigenvalue weighted by atomic mass is 19.1. The lowest BCUT2D eigenvalue weighted by atomic mass is 10.0. The van der Waals surface area contributed by atoms with E-state index in [4.69, 9.17) is 0 Å². The molecule has 106 valence electrons. The van der Waals surface area contributed by atoms with Crippen molar-refractivity contribution < 1.29 is 9.50 Å². The van der Waals surface area contributed by atoms with E-state index in [1.165, 1.54) is 6.07 Å². The van der Waals surface area contributed by atoms with Gasteiger partial charge in [0.05, 0.1) is 11.8 Å². The van der Waals surface area contributed by atoms with Gasteiger partial charge in [-0.1, -0.05) is 6.07 Å². The second kappa shape index (κ2) is 5.88. The maximum atomic E-state index is 14.2. The molecule has 1 aliphatic heterocycles. The molecule has 0 radical (unpaired) electrons. The Morgan fingerprint density at radius 3 is 2.74 bits per heavy atom. The van der Waals surface area contributed by atoms with Crippen molar-refractivity contribution in [2.45, 2.75) is 31.9 Å². The van der Waals surface area contributed by atoms with E-state index in [-0.39, 0.29) is 5.82 Å². The molecule has 2 atom stereocenters. The summed E-state index contributed by atoms with van der Waals surface area (Å²) < 4.78 is 14.2. The van der Waals surface area contributed by atoms with E-state index in [1.807, 2.05) is 6.07 Å². The minimum absolute atomic E-state index is 0.238. The van der Waals surface area contributed by atoms with Crippen molar-refractivity contribution in [1.29, 1.82) is 0 Å². The lowest BCUT2D eigenvalue weighted by Crippen LogP contribution is -2.45. The zero-order valence-corrected chi connectivity index (χ0v) is 11.9. The Balaban J connectivity index is 2.17. The van der Waals surface area contributed by atoms with Crippen molar-refractivity contribution in [2.24, 2.45) is 0 Å². The van der Waals surface area contributed by atoms with Crippen molar-refractivity contribution >= 4 is 5.69 Å². The van der Waals surface area contributed by atoms with Crippen LogP contribution in [0.5, 0.6) is 0 Å². The van der Waals surface area contributed by atoms with Crippen LogP contribution in [0.4, 0.5) is 10.1 Å². The number of anilines is 1. The number of piperidine rings is 1. The molecule has 19 heavy (non-hydrogen) atoms. The Bertz CT molecular complexity index is 434. The minimum atomic E-state index is -0.626. The van der Waals surface area contributed by atoms with Crippen LogP contribution in [-0.4, -0.2) is 43.2 Å². The standard InChI is InChI=1S/C15H23FN2O/c1-11(19)12-6-7-15(14(16)9-12)18-8-4-5-13(10-18)17(2)3/h6-7,9,11,13,19H,4-5,8,10H2,1-3H3/t11-,13?/m1/s1. The number of nitrogens with zero attached hydrogens (tertiary/aromatic N) is 2. The number of hydrogen-bond acceptors (Lipinski definition) is 3. The molecule has 0 bridgehead atoms. The molecule has 0 spiro atoms. The summed E-state index contributed by atoms with van der Waals surface area (Å²) in [5.41, 5.74) is 1.28. The number of likely N-dealkylation sites (N-methyl/N-ethyl adjacent to an activating group) is 1. The molecule has 1 N–H and O–H groups in total. The lowest BCUT2D eigenvalue weighted by molar-refractivity contribution is 0.199. The molecule has 1 saturated heterocycles. The molecular formula is C15H23FN2O. The molecule has 4 heteroatoms. The van der Waals surface area contributed by atoms with Crippen LogP contribution in [0.25, 0.3) is 0 Å². The number of halogens is 1. The van der Waals surface area contributed by atoms with Crippen LogP contribution in [0, 0.1) is 5.82 Å². The predicted octanol–water partition coefficient (Wildman–Crippen LogP) is 2.41. The van der Waals surface area contributed by atoms with Crippen LogP contribution in [0.3, 0.4) is 0 Å². The quantitative estimate of drug-likeness (QED) is 0.910. The van der Waals surface area contributed by atoms with E-state index < -0.39 is 6.10 Å². The van der Waals surface area contributed by atoms with E-state index in [0.29, 0.717) is 17.3 Å². The van der Waals surface area contributed by atoms with Crippen LogP contribution < -0.4 is 4.90 Å². The summed E-state index contributed by atoms with van der Waals surface area (Å²) in [5, 5.41) is 9.48. The largest absolute Gasteiger partial charge is 0.389 e. The third-order valence-electron chi connectivity index (χ3n) is 3.92. The third kappa shape index (κ3) is 3.25. The number of aliphatic hydroxyl groups is 1. The topological polar surface area (TPSA) is 26.7 Å². The number of benzene rings is 1. The molecular weight excluding hydrogens is 243 g/mol. The normalized spacial score (nSPS) is 21.8. The van der Waals surface area contributed by atoms with Crippen LogP contribution in [0.2, 0.25) is 0 Å². The minimum Gasteiger partial charge on any atom is -0.389 e. The fourth-order valence-corrected chi connectivity index (χ4v) is 2.63. The van der Waals surface area contributed by atoms with Gasteiger partial charge >= 0.3 is 0 Å². The molecule has 0 aliphatic carbocycles. The highest BCUT2D eigenvalue weighted by Gasteiger charge is 2.23. The first-order valence-corrected chi connectivity index (χ1v) is 6.88. The monoisotopic (exact) mass is 266 g/mol. The van der Waals surface area contributed by atoms with Gasteiger partial charge in [0.25, 0.3) is 0 Å². The Morgan fingerprint density at radius 1 is 1.42 bits per heavy atom. The average Bonchev–Trinajstić information content (AvgIpc) is 2.38. The molecule has 1 heterocycles. The summed E-state index contributed by atoms with van der Waals surface area (Å²) in [6.45, 7) is 3.41. The first kappa shape index (κ1) is 14.3. The summed E-state index contributed by atoms with van der Waals surface area (Å²) >= 11 is 0. The van der Waals surface area contributed by atoms with E-state index in [9.17, 15) is 9.50 Å². The van der Waals surface area contributed by atoms with Gasteiger partial charge in [-0.25, -0.2) is 4.39 Å². The Hall–Kier alpha value is -1.13. The maximum absolute atomic E-state index is 14.2. The average molecular weight is 266 g/mol. The maximum Gasteiger partial charge on any atom is 0.146 e. The molecule has 1 aromatic rings. The molecule has 1 fully saturated rings. The zero-order chi connectivity index (χ0) is 14.0. The van der Waals surface area contributed by atoms with Crippen molar-refractivity contribution in [3.8, 4) is 0 Å². The van der Waals surface area contributed by atoms with E-state index in [2.05, 4.69) is 23.9 Å². The SMILES string of the molecule is C[C@@H](O)c1ccc(N2CCCC(N(C)C)C2)c(F)c1. The summed E-state index contributed by atoms with van der Waals surface area (Å²) in [5.74, 6) is -0.238. The van der Waals surface area contributed by atoms with Crippen molar-refractivity contribution in [3.05, 3.63) is 29.6 Å². The van der Waals surface area contributed by atoms with E-state index in [1.54, 1.807) is 13.0 Å². The first-order valence-electron chi connectivity index (χ1n) is 6.88. The van der Waals surface area contributed by atoms with Crippen LogP contribution in [0.1, 0.15) is 31.4 Å².